The van der Waals surface area contributed by atoms with Crippen molar-refractivity contribution in [1.82, 2.24) is 0 Å². The van der Waals surface area contributed by atoms with Gasteiger partial charge < -0.3 is 34.5 Å². The summed E-state index contributed by atoms with van der Waals surface area (Å²) in [7, 11) is 0. The van der Waals surface area contributed by atoms with E-state index in [1.54, 1.807) is 20.8 Å². The van der Waals surface area contributed by atoms with Gasteiger partial charge in [0.05, 0.1) is 0 Å². The van der Waals surface area contributed by atoms with Crippen LogP contribution in [0.1, 0.15) is 86.1 Å². The average Bonchev–Trinajstić information content (AvgIpc) is 2.83. The minimum atomic E-state index is -1.82. The lowest BCUT2D eigenvalue weighted by atomic mass is 9.86. The van der Waals surface area contributed by atoms with Gasteiger partial charge in [-0.05, 0) is 63.6 Å². The molecule has 0 spiro atoms. The average molecular weight is 554 g/mol. The molecular formula is C28H43NO10. The zero-order valence-electron chi connectivity index (χ0n) is 24.0. The van der Waals surface area contributed by atoms with E-state index >= 15 is 0 Å². The van der Waals surface area contributed by atoms with Crippen LogP contribution in [0.4, 0.5) is 9.59 Å². The number of nitrogens with two attached hydrogens (primary N) is 1. The lowest BCUT2D eigenvalue weighted by Crippen LogP contribution is -2.52. The lowest BCUT2D eigenvalue weighted by molar-refractivity contribution is -0.153. The summed E-state index contributed by atoms with van der Waals surface area (Å²) in [5.74, 6) is -1.71. The monoisotopic (exact) mass is 553 g/mol. The third-order valence-electron chi connectivity index (χ3n) is 6.00. The van der Waals surface area contributed by atoms with Gasteiger partial charge in [0.1, 0.15) is 23.9 Å². The highest BCUT2D eigenvalue weighted by atomic mass is 16.7. The summed E-state index contributed by atoms with van der Waals surface area (Å²) in [5, 5.41) is 9.92. The number of carboxylic acids is 1. The fourth-order valence-electron chi connectivity index (χ4n) is 3.39. The van der Waals surface area contributed by atoms with E-state index in [1.165, 1.54) is 18.2 Å². The molecule has 11 nitrogen and oxygen atoms in total. The van der Waals surface area contributed by atoms with Gasteiger partial charge in [-0.15, -0.1) is 0 Å². The number of benzene rings is 1. The van der Waals surface area contributed by atoms with E-state index in [0.717, 1.165) is 0 Å². The van der Waals surface area contributed by atoms with Crippen molar-refractivity contribution in [3.8, 4) is 11.5 Å². The molecule has 220 valence electrons. The van der Waals surface area contributed by atoms with E-state index < -0.39 is 48.1 Å². The minimum Gasteiger partial charge on any atom is -0.480 e. The van der Waals surface area contributed by atoms with Gasteiger partial charge >= 0.3 is 24.2 Å². The van der Waals surface area contributed by atoms with E-state index in [1.807, 2.05) is 27.7 Å². The summed E-state index contributed by atoms with van der Waals surface area (Å²) >= 11 is 0. The number of esters is 1. The first-order chi connectivity index (χ1) is 18.2. The summed E-state index contributed by atoms with van der Waals surface area (Å²) < 4.78 is 26.2. The Balaban J connectivity index is 3.16. The van der Waals surface area contributed by atoms with Gasteiger partial charge in [0.25, 0.3) is 0 Å². The molecule has 0 aromatic heterocycles. The lowest BCUT2D eigenvalue weighted by Gasteiger charge is -2.28. The van der Waals surface area contributed by atoms with Crippen molar-refractivity contribution in [2.75, 3.05) is 0 Å². The van der Waals surface area contributed by atoms with Crippen molar-refractivity contribution in [2.24, 2.45) is 11.7 Å². The Morgan fingerprint density at radius 1 is 0.846 bits per heavy atom. The quantitative estimate of drug-likeness (QED) is 0.163. The van der Waals surface area contributed by atoms with Crippen molar-refractivity contribution in [3.63, 3.8) is 0 Å². The van der Waals surface area contributed by atoms with Crippen molar-refractivity contribution >= 4 is 24.2 Å². The van der Waals surface area contributed by atoms with Crippen molar-refractivity contribution < 1.29 is 48.0 Å². The molecule has 39 heavy (non-hydrogen) atoms. The van der Waals surface area contributed by atoms with E-state index in [4.69, 9.17) is 29.4 Å². The molecule has 0 fully saturated rings. The largest absolute Gasteiger partial charge is 0.514 e. The molecule has 4 atom stereocenters. The predicted octanol–water partition coefficient (Wildman–Crippen LogP) is 5.40. The van der Waals surface area contributed by atoms with Gasteiger partial charge in [0.2, 0.25) is 0 Å². The Morgan fingerprint density at radius 3 is 1.87 bits per heavy atom. The summed E-state index contributed by atoms with van der Waals surface area (Å²) in [6.07, 6.45) is -1.98. The fraction of sp³-hybridized carbons (Fsp3) is 0.643. The van der Waals surface area contributed by atoms with Crippen molar-refractivity contribution in [3.05, 3.63) is 23.8 Å². The van der Waals surface area contributed by atoms with Gasteiger partial charge in [-0.3, -0.25) is 9.59 Å². The second kappa shape index (κ2) is 15.9. The zero-order chi connectivity index (χ0) is 29.8. The molecule has 0 aliphatic heterocycles. The second-order valence-electron chi connectivity index (χ2n) is 10.2. The molecule has 3 unspecified atom stereocenters. The standard InChI is InChI=1S/C28H43NO10/c1-8-18(5)36-26(33)38-22-12-11-21(14-23(22)39-27(34)37-19(6)9-2)16-28(29,25(31)32)15-20(7)35-24(30)13-10-17(3)4/h11-12,14,17-20H,8-10,13,15-16,29H2,1-7H3,(H,31,32)/t18?,19?,20-,28?/m0/s1. The van der Waals surface area contributed by atoms with Crippen LogP contribution in [0.25, 0.3) is 0 Å². The van der Waals surface area contributed by atoms with Crippen LogP contribution in [0, 0.1) is 5.92 Å². The van der Waals surface area contributed by atoms with Crippen LogP contribution in [0.15, 0.2) is 18.2 Å². The zero-order valence-corrected chi connectivity index (χ0v) is 24.0. The van der Waals surface area contributed by atoms with E-state index in [9.17, 15) is 24.3 Å². The Hall–Kier alpha value is -3.34. The molecule has 0 heterocycles. The molecule has 1 rings (SSSR count). The first kappa shape index (κ1) is 33.7. The van der Waals surface area contributed by atoms with Crippen molar-refractivity contribution in [1.29, 1.82) is 0 Å². The van der Waals surface area contributed by atoms with Gasteiger partial charge in [0.15, 0.2) is 11.5 Å². The molecule has 1 aromatic rings. The number of carboxylic acid groups (broad SMARTS) is 1. The smallest absolute Gasteiger partial charge is 0.480 e. The van der Waals surface area contributed by atoms with Crippen LogP contribution in [0.3, 0.4) is 0 Å². The first-order valence-corrected chi connectivity index (χ1v) is 13.3. The molecule has 11 heteroatoms. The second-order valence-corrected chi connectivity index (χ2v) is 10.2. The van der Waals surface area contributed by atoms with Crippen LogP contribution in [0.5, 0.6) is 11.5 Å². The SMILES string of the molecule is CCC(C)OC(=O)Oc1ccc(CC(N)(C[C@H](C)OC(=O)CCC(C)C)C(=O)O)cc1OC(=O)OC(C)CC. The Labute approximate surface area is 230 Å². The normalized spacial score (nSPS) is 14.9. The Morgan fingerprint density at radius 2 is 1.38 bits per heavy atom. The molecule has 0 saturated heterocycles. The van der Waals surface area contributed by atoms with E-state index in [0.29, 0.717) is 30.7 Å². The van der Waals surface area contributed by atoms with E-state index in [2.05, 4.69) is 0 Å². The highest BCUT2D eigenvalue weighted by Crippen LogP contribution is 2.32. The molecule has 1 aromatic carbocycles. The molecule has 0 saturated carbocycles. The maximum absolute atomic E-state index is 12.3. The summed E-state index contributed by atoms with van der Waals surface area (Å²) in [6.45, 7) is 12.6. The Kier molecular flexibility index (Phi) is 13.8. The number of ether oxygens (including phenoxy) is 5. The van der Waals surface area contributed by atoms with Crippen LogP contribution < -0.4 is 15.2 Å². The van der Waals surface area contributed by atoms with Gasteiger partial charge in [-0.25, -0.2) is 9.59 Å². The number of hydrogen-bond donors (Lipinski definition) is 2. The van der Waals surface area contributed by atoms with Gasteiger partial charge in [-0.1, -0.05) is 33.8 Å². The minimum absolute atomic E-state index is 0.126. The number of carbonyl (C=O) groups is 4. The molecule has 0 aliphatic rings. The molecule has 0 radical (unpaired) electrons. The van der Waals surface area contributed by atoms with Crippen LogP contribution >= 0.6 is 0 Å². The van der Waals surface area contributed by atoms with Crippen LogP contribution in [0.2, 0.25) is 0 Å². The third-order valence-corrected chi connectivity index (χ3v) is 6.00. The molecule has 0 aliphatic carbocycles. The maximum atomic E-state index is 12.3. The number of hydrogen-bond acceptors (Lipinski definition) is 10. The number of aliphatic carboxylic acids is 1. The van der Waals surface area contributed by atoms with E-state index in [-0.39, 0.29) is 30.8 Å². The molecule has 0 amide bonds. The fourth-order valence-corrected chi connectivity index (χ4v) is 3.39. The van der Waals surface area contributed by atoms with Crippen LogP contribution in [-0.4, -0.2) is 53.2 Å². The van der Waals surface area contributed by atoms with Gasteiger partial charge in [-0.2, -0.15) is 0 Å². The first-order valence-electron chi connectivity index (χ1n) is 13.3. The number of rotatable bonds is 15. The highest BCUT2D eigenvalue weighted by molar-refractivity contribution is 5.79. The topological polar surface area (TPSA) is 161 Å². The third kappa shape index (κ3) is 12.4. The molecule has 3 N–H and O–H groups in total. The van der Waals surface area contributed by atoms with Crippen LogP contribution in [-0.2, 0) is 30.2 Å². The van der Waals surface area contributed by atoms with Gasteiger partial charge in [0, 0.05) is 19.3 Å². The summed E-state index contributed by atoms with van der Waals surface area (Å²) in [5.41, 5.74) is 4.82. The highest BCUT2D eigenvalue weighted by Gasteiger charge is 2.37. The predicted molar refractivity (Wildman–Crippen MR) is 143 cm³/mol. The maximum Gasteiger partial charge on any atom is 0.514 e. The number of carbonyl (C=O) groups excluding carboxylic acids is 3. The summed E-state index contributed by atoms with van der Waals surface area (Å²) in [6, 6.07) is 4.17. The molecular weight excluding hydrogens is 510 g/mol. The summed E-state index contributed by atoms with van der Waals surface area (Å²) in [4.78, 5) is 48.8. The Bertz CT molecular complexity index is 979. The molecule has 0 bridgehead atoms. The van der Waals surface area contributed by atoms with Crippen molar-refractivity contribution in [2.45, 2.75) is 111 Å².